The summed E-state index contributed by atoms with van der Waals surface area (Å²) < 4.78 is 1.07. The van der Waals surface area contributed by atoms with Gasteiger partial charge >= 0.3 is 0 Å². The molecule has 0 heterocycles. The zero-order valence-corrected chi connectivity index (χ0v) is 10.6. The van der Waals surface area contributed by atoms with Crippen LogP contribution in [-0.2, 0) is 0 Å². The highest BCUT2D eigenvalue weighted by atomic mass is 79.9. The van der Waals surface area contributed by atoms with Crippen molar-refractivity contribution in [2.24, 2.45) is 0 Å². The molecule has 76 valence electrons. The van der Waals surface area contributed by atoms with E-state index < -0.39 is 0 Å². The molecule has 0 aliphatic heterocycles. The van der Waals surface area contributed by atoms with Gasteiger partial charge in [-0.15, -0.1) is 0 Å². The Labute approximate surface area is 103 Å². The van der Waals surface area contributed by atoms with Crippen LogP contribution in [0, 0.1) is 6.92 Å². The third kappa shape index (κ3) is 2.24. The molecule has 0 atom stereocenters. The van der Waals surface area contributed by atoms with Gasteiger partial charge < -0.3 is 0 Å². The zero-order chi connectivity index (χ0) is 10.8. The van der Waals surface area contributed by atoms with E-state index in [0.717, 1.165) is 20.6 Å². The molecule has 2 aromatic rings. The van der Waals surface area contributed by atoms with E-state index >= 15 is 0 Å². The maximum absolute atomic E-state index is 6.20. The largest absolute Gasteiger partial charge is 0.0837 e. The third-order valence-electron chi connectivity index (χ3n) is 2.34. The van der Waals surface area contributed by atoms with Gasteiger partial charge in [0.15, 0.2) is 0 Å². The molecule has 0 bridgehead atoms. The zero-order valence-electron chi connectivity index (χ0n) is 8.30. The molecule has 0 nitrogen and oxygen atoms in total. The Kier molecular flexibility index (Phi) is 3.13. The molecule has 0 fully saturated rings. The quantitative estimate of drug-likeness (QED) is 0.684. The summed E-state index contributed by atoms with van der Waals surface area (Å²) in [7, 11) is 0. The lowest BCUT2D eigenvalue weighted by Gasteiger charge is -2.08. The third-order valence-corrected chi connectivity index (χ3v) is 3.14. The van der Waals surface area contributed by atoms with Crippen molar-refractivity contribution in [3.8, 4) is 11.1 Å². The average molecular weight is 282 g/mol. The van der Waals surface area contributed by atoms with Crippen molar-refractivity contribution in [3.05, 3.63) is 57.5 Å². The van der Waals surface area contributed by atoms with Crippen LogP contribution in [0.3, 0.4) is 0 Å². The smallest absolute Gasteiger partial charge is 0.0487 e. The molecule has 2 aromatic carbocycles. The predicted octanol–water partition coefficient (Wildman–Crippen LogP) is 5.08. The van der Waals surface area contributed by atoms with E-state index in [4.69, 9.17) is 11.6 Å². The fraction of sp³-hybridized carbons (Fsp3) is 0.0769. The van der Waals surface area contributed by atoms with Gasteiger partial charge in [-0.3, -0.25) is 0 Å². The van der Waals surface area contributed by atoms with Crippen LogP contribution in [0.1, 0.15) is 5.56 Å². The van der Waals surface area contributed by atoms with Gasteiger partial charge in [0.25, 0.3) is 0 Å². The van der Waals surface area contributed by atoms with E-state index in [1.54, 1.807) is 0 Å². The Morgan fingerprint density at radius 3 is 2.47 bits per heavy atom. The first kappa shape index (κ1) is 10.7. The molecule has 0 aliphatic rings. The van der Waals surface area contributed by atoms with Crippen LogP contribution in [0.15, 0.2) is 46.9 Å². The summed E-state index contributed by atoms with van der Waals surface area (Å²) >= 11 is 9.67. The van der Waals surface area contributed by atoms with Gasteiger partial charge in [0.1, 0.15) is 0 Å². The minimum Gasteiger partial charge on any atom is -0.0837 e. The Morgan fingerprint density at radius 2 is 1.80 bits per heavy atom. The van der Waals surface area contributed by atoms with Crippen LogP contribution in [0.4, 0.5) is 0 Å². The lowest BCUT2D eigenvalue weighted by Crippen LogP contribution is -1.84. The molecule has 2 rings (SSSR count). The molecule has 0 saturated carbocycles. The maximum Gasteiger partial charge on any atom is 0.0487 e. The number of rotatable bonds is 1. The number of halogens is 2. The van der Waals surface area contributed by atoms with E-state index in [1.807, 2.05) is 24.3 Å². The van der Waals surface area contributed by atoms with Crippen LogP contribution in [0.2, 0.25) is 5.02 Å². The molecule has 15 heavy (non-hydrogen) atoms. The van der Waals surface area contributed by atoms with Crippen molar-refractivity contribution in [3.63, 3.8) is 0 Å². The van der Waals surface area contributed by atoms with Gasteiger partial charge in [0, 0.05) is 15.1 Å². The topological polar surface area (TPSA) is 0 Å². The van der Waals surface area contributed by atoms with E-state index in [9.17, 15) is 0 Å². The molecule has 2 heteroatoms. The summed E-state index contributed by atoms with van der Waals surface area (Å²) in [6, 6.07) is 14.1. The van der Waals surface area contributed by atoms with Crippen molar-refractivity contribution in [2.45, 2.75) is 6.92 Å². The standard InChI is InChI=1S/C13H10BrCl/c1-9-4-2-7-12(15)13(9)10-5-3-6-11(14)8-10/h2-8H,1H3. The summed E-state index contributed by atoms with van der Waals surface area (Å²) in [4.78, 5) is 0. The molecular weight excluding hydrogens is 272 g/mol. The van der Waals surface area contributed by atoms with Crippen molar-refractivity contribution in [2.75, 3.05) is 0 Å². The fourth-order valence-corrected chi connectivity index (χ4v) is 2.37. The predicted molar refractivity (Wildman–Crippen MR) is 69.3 cm³/mol. The highest BCUT2D eigenvalue weighted by Gasteiger charge is 2.06. The summed E-state index contributed by atoms with van der Waals surface area (Å²) in [6.45, 7) is 2.07. The van der Waals surface area contributed by atoms with Gasteiger partial charge in [-0.2, -0.15) is 0 Å². The fourth-order valence-electron chi connectivity index (χ4n) is 1.64. The SMILES string of the molecule is Cc1cccc(Cl)c1-c1cccc(Br)c1. The Hall–Kier alpha value is -0.790. The van der Waals surface area contributed by atoms with Gasteiger partial charge in [-0.1, -0.05) is 51.8 Å². The van der Waals surface area contributed by atoms with E-state index in [1.165, 1.54) is 5.56 Å². The van der Waals surface area contributed by atoms with Crippen LogP contribution in [0.5, 0.6) is 0 Å². The highest BCUT2D eigenvalue weighted by Crippen LogP contribution is 2.32. The first-order valence-corrected chi connectivity index (χ1v) is 5.86. The van der Waals surface area contributed by atoms with Crippen LogP contribution < -0.4 is 0 Å². The minimum atomic E-state index is 0.799. The number of aryl methyl sites for hydroxylation is 1. The van der Waals surface area contributed by atoms with Crippen LogP contribution in [0.25, 0.3) is 11.1 Å². The van der Waals surface area contributed by atoms with Gasteiger partial charge in [-0.25, -0.2) is 0 Å². The number of hydrogen-bond acceptors (Lipinski definition) is 0. The molecule has 0 amide bonds. The second-order valence-electron chi connectivity index (χ2n) is 3.44. The Morgan fingerprint density at radius 1 is 1.07 bits per heavy atom. The lowest BCUT2D eigenvalue weighted by molar-refractivity contribution is 1.45. The Balaban J connectivity index is 2.63. The number of benzene rings is 2. The molecule has 0 aliphatic carbocycles. The normalized spacial score (nSPS) is 10.3. The van der Waals surface area contributed by atoms with Crippen molar-refractivity contribution < 1.29 is 0 Å². The van der Waals surface area contributed by atoms with E-state index in [0.29, 0.717) is 0 Å². The first-order chi connectivity index (χ1) is 7.18. The maximum atomic E-state index is 6.20. The van der Waals surface area contributed by atoms with E-state index in [2.05, 4.69) is 41.1 Å². The summed E-state index contributed by atoms with van der Waals surface area (Å²) in [5.41, 5.74) is 3.45. The molecule has 0 unspecified atom stereocenters. The van der Waals surface area contributed by atoms with Gasteiger partial charge in [0.2, 0.25) is 0 Å². The second kappa shape index (κ2) is 4.38. The van der Waals surface area contributed by atoms with E-state index in [-0.39, 0.29) is 0 Å². The van der Waals surface area contributed by atoms with Crippen molar-refractivity contribution in [1.29, 1.82) is 0 Å². The molecule has 0 aromatic heterocycles. The first-order valence-electron chi connectivity index (χ1n) is 4.69. The van der Waals surface area contributed by atoms with Crippen molar-refractivity contribution >= 4 is 27.5 Å². The molecule has 0 spiro atoms. The second-order valence-corrected chi connectivity index (χ2v) is 4.76. The molecular formula is C13H10BrCl. The van der Waals surface area contributed by atoms with Crippen LogP contribution in [-0.4, -0.2) is 0 Å². The minimum absolute atomic E-state index is 0.799. The lowest BCUT2D eigenvalue weighted by atomic mass is 10.0. The highest BCUT2D eigenvalue weighted by molar-refractivity contribution is 9.10. The molecule has 0 saturated heterocycles. The Bertz CT molecular complexity index is 471. The number of hydrogen-bond donors (Lipinski definition) is 0. The van der Waals surface area contributed by atoms with Gasteiger partial charge in [-0.05, 0) is 36.2 Å². The van der Waals surface area contributed by atoms with Crippen LogP contribution >= 0.6 is 27.5 Å². The summed E-state index contributed by atoms with van der Waals surface area (Å²) in [5, 5.41) is 0.799. The van der Waals surface area contributed by atoms with Gasteiger partial charge in [0.05, 0.1) is 0 Å². The monoisotopic (exact) mass is 280 g/mol. The average Bonchev–Trinajstić information content (AvgIpc) is 2.17. The summed E-state index contributed by atoms with van der Waals surface area (Å²) in [5.74, 6) is 0. The molecule has 0 radical (unpaired) electrons. The van der Waals surface area contributed by atoms with Crippen molar-refractivity contribution in [1.82, 2.24) is 0 Å². The molecule has 0 N–H and O–H groups in total. The summed E-state index contributed by atoms with van der Waals surface area (Å²) in [6.07, 6.45) is 0.